The third-order valence-electron chi connectivity index (χ3n) is 7.39. The molecular formula is C28H29F5N2O3S. The molecule has 39 heavy (non-hydrogen) atoms. The second-order valence-corrected chi connectivity index (χ2v) is 11.0. The van der Waals surface area contributed by atoms with E-state index in [1.54, 1.807) is 18.2 Å². The number of hydrogen-bond donors (Lipinski definition) is 1. The first-order chi connectivity index (χ1) is 18.6. The number of alkyl halides is 1. The van der Waals surface area contributed by atoms with Gasteiger partial charge in [0, 0.05) is 28.1 Å². The summed E-state index contributed by atoms with van der Waals surface area (Å²) in [6, 6.07) is 6.75. The predicted octanol–water partition coefficient (Wildman–Crippen LogP) is 6.94. The van der Waals surface area contributed by atoms with Gasteiger partial charge in [-0.3, -0.25) is 9.78 Å². The Balaban J connectivity index is 1.38. The molecule has 1 aliphatic rings. The highest BCUT2D eigenvalue weighted by Gasteiger charge is 2.37. The van der Waals surface area contributed by atoms with Crippen LogP contribution in [0.15, 0.2) is 41.4 Å². The van der Waals surface area contributed by atoms with Crippen LogP contribution in [0.25, 0.3) is 10.9 Å². The number of thioether (sulfide) groups is 1. The van der Waals surface area contributed by atoms with Gasteiger partial charge in [0.15, 0.2) is 17.5 Å². The van der Waals surface area contributed by atoms with Crippen LogP contribution in [0.3, 0.4) is 0 Å². The number of aliphatic carboxylic acids is 1. The summed E-state index contributed by atoms with van der Waals surface area (Å²) in [7, 11) is 1.46. The third kappa shape index (κ3) is 7.00. The Labute approximate surface area is 227 Å². The normalized spacial score (nSPS) is 16.4. The summed E-state index contributed by atoms with van der Waals surface area (Å²) in [6.07, 6.45) is 0.480. The zero-order valence-electron chi connectivity index (χ0n) is 21.4. The van der Waals surface area contributed by atoms with Gasteiger partial charge in [0.05, 0.1) is 25.2 Å². The molecule has 210 valence electrons. The summed E-state index contributed by atoms with van der Waals surface area (Å²) >= 11 is 1.20. The monoisotopic (exact) mass is 568 g/mol. The number of likely N-dealkylation sites (tertiary alicyclic amines) is 1. The molecule has 2 heterocycles. The molecule has 1 fully saturated rings. The summed E-state index contributed by atoms with van der Waals surface area (Å²) in [5.74, 6) is -4.76. The fourth-order valence-electron chi connectivity index (χ4n) is 5.19. The third-order valence-corrected chi connectivity index (χ3v) is 8.34. The highest BCUT2D eigenvalue weighted by Crippen LogP contribution is 2.43. The van der Waals surface area contributed by atoms with E-state index >= 15 is 4.39 Å². The molecule has 0 amide bonds. The van der Waals surface area contributed by atoms with Crippen LogP contribution >= 0.6 is 11.8 Å². The molecule has 5 nitrogen and oxygen atoms in total. The molecule has 0 bridgehead atoms. The highest BCUT2D eigenvalue weighted by atomic mass is 32.2. The lowest BCUT2D eigenvalue weighted by molar-refractivity contribution is -0.141. The Morgan fingerprint density at radius 2 is 1.82 bits per heavy atom. The number of rotatable bonds is 11. The number of halogens is 5. The Bertz CT molecular complexity index is 1310. The molecule has 0 aliphatic carbocycles. The summed E-state index contributed by atoms with van der Waals surface area (Å²) in [6.45, 7) is 1.72. The van der Waals surface area contributed by atoms with Gasteiger partial charge in [0.1, 0.15) is 17.7 Å². The van der Waals surface area contributed by atoms with E-state index in [9.17, 15) is 27.5 Å². The van der Waals surface area contributed by atoms with E-state index in [1.807, 2.05) is 0 Å². The number of fused-ring (bicyclic) bond motifs is 1. The van der Waals surface area contributed by atoms with Gasteiger partial charge in [-0.2, -0.15) is 0 Å². The van der Waals surface area contributed by atoms with Crippen molar-refractivity contribution in [2.75, 3.05) is 32.5 Å². The number of nitrogens with zero attached hydrogens (tertiary/aromatic N) is 2. The molecule has 4 rings (SSSR count). The summed E-state index contributed by atoms with van der Waals surface area (Å²) in [5.41, 5.74) is -0.306. The summed E-state index contributed by atoms with van der Waals surface area (Å²) < 4.78 is 75.5. The van der Waals surface area contributed by atoms with Crippen LogP contribution in [0, 0.1) is 28.7 Å². The maximum Gasteiger partial charge on any atom is 0.303 e. The van der Waals surface area contributed by atoms with Gasteiger partial charge in [-0.15, -0.1) is 11.8 Å². The minimum absolute atomic E-state index is 0.0436. The van der Waals surface area contributed by atoms with Crippen LogP contribution in [0.4, 0.5) is 22.0 Å². The van der Waals surface area contributed by atoms with Gasteiger partial charge in [-0.1, -0.05) is 0 Å². The van der Waals surface area contributed by atoms with Crippen LogP contribution in [0.1, 0.15) is 43.8 Å². The van der Waals surface area contributed by atoms with Crippen molar-refractivity contribution >= 4 is 28.6 Å². The van der Waals surface area contributed by atoms with Crippen molar-refractivity contribution < 1.29 is 36.6 Å². The molecule has 1 atom stereocenters. The van der Waals surface area contributed by atoms with Crippen molar-refractivity contribution in [2.45, 2.75) is 43.2 Å². The minimum atomic E-state index is -1.65. The maximum absolute atomic E-state index is 15.6. The van der Waals surface area contributed by atoms with Gasteiger partial charge >= 0.3 is 5.97 Å². The molecule has 2 aromatic carbocycles. The van der Waals surface area contributed by atoms with Gasteiger partial charge in [-0.05, 0) is 74.5 Å². The lowest BCUT2D eigenvalue weighted by Gasteiger charge is -2.41. The fraction of sp³-hybridized carbons (Fsp3) is 0.429. The van der Waals surface area contributed by atoms with E-state index in [2.05, 4.69) is 9.88 Å². The zero-order chi connectivity index (χ0) is 28.2. The molecule has 0 spiro atoms. The molecule has 11 heteroatoms. The van der Waals surface area contributed by atoms with E-state index < -0.39 is 40.8 Å². The van der Waals surface area contributed by atoms with Gasteiger partial charge < -0.3 is 14.7 Å². The molecule has 0 unspecified atom stereocenters. The summed E-state index contributed by atoms with van der Waals surface area (Å²) in [4.78, 5) is 18.1. The maximum atomic E-state index is 15.6. The van der Waals surface area contributed by atoms with Crippen molar-refractivity contribution in [3.05, 3.63) is 65.4 Å². The first-order valence-electron chi connectivity index (χ1n) is 12.6. The average molecular weight is 569 g/mol. The van der Waals surface area contributed by atoms with E-state index in [0.29, 0.717) is 54.9 Å². The van der Waals surface area contributed by atoms with Crippen LogP contribution in [-0.4, -0.2) is 53.5 Å². The SMILES string of the molecule is COc1ccc2ncc(F)c([C@H](F)CCC3(CC(=O)O)CCN(CCSc4cc(F)c(F)c(F)c4)CC3)c2c1. The van der Waals surface area contributed by atoms with Crippen molar-refractivity contribution in [1.29, 1.82) is 0 Å². The first-order valence-corrected chi connectivity index (χ1v) is 13.6. The Morgan fingerprint density at radius 1 is 1.13 bits per heavy atom. The molecule has 3 aromatic rings. The van der Waals surface area contributed by atoms with E-state index in [1.165, 1.54) is 18.9 Å². The quantitative estimate of drug-likeness (QED) is 0.154. The lowest BCUT2D eigenvalue weighted by Crippen LogP contribution is -2.42. The van der Waals surface area contributed by atoms with Crippen molar-refractivity contribution in [1.82, 2.24) is 9.88 Å². The number of pyridine rings is 1. The molecule has 0 saturated carbocycles. The largest absolute Gasteiger partial charge is 0.497 e. The van der Waals surface area contributed by atoms with Gasteiger partial charge in [0.25, 0.3) is 0 Å². The molecular weight excluding hydrogens is 539 g/mol. The number of methoxy groups -OCH3 is 1. The standard InChI is InChI=1S/C28H29F5N2O3S/c1-38-17-2-3-24-19(12-17)26(23(32)16-34-24)20(29)4-5-28(15-25(36)37)6-8-35(9-7-28)10-11-39-18-13-21(30)27(33)22(31)14-18/h2-3,12-14,16,20H,4-11,15H2,1H3,(H,36,37)/t20-/m1/s1. The van der Waals surface area contributed by atoms with Crippen LogP contribution < -0.4 is 4.74 Å². The van der Waals surface area contributed by atoms with Crippen LogP contribution in [-0.2, 0) is 4.79 Å². The molecule has 0 radical (unpaired) electrons. The number of carboxylic acid groups (broad SMARTS) is 1. The highest BCUT2D eigenvalue weighted by molar-refractivity contribution is 7.99. The number of carbonyl (C=O) groups is 1. The number of hydrogen-bond acceptors (Lipinski definition) is 5. The van der Waals surface area contributed by atoms with Crippen molar-refractivity contribution in [2.24, 2.45) is 5.41 Å². The van der Waals surface area contributed by atoms with Gasteiger partial charge in [-0.25, -0.2) is 22.0 Å². The number of carboxylic acids is 1. The van der Waals surface area contributed by atoms with E-state index in [-0.39, 0.29) is 29.7 Å². The van der Waals surface area contributed by atoms with E-state index in [4.69, 9.17) is 4.74 Å². The Morgan fingerprint density at radius 3 is 2.46 bits per heavy atom. The number of piperidine rings is 1. The predicted molar refractivity (Wildman–Crippen MR) is 139 cm³/mol. The number of benzene rings is 2. The van der Waals surface area contributed by atoms with Crippen LogP contribution in [0.2, 0.25) is 0 Å². The van der Waals surface area contributed by atoms with E-state index in [0.717, 1.165) is 18.3 Å². The average Bonchev–Trinajstić information content (AvgIpc) is 2.90. The topological polar surface area (TPSA) is 62.7 Å². The Kier molecular flexibility index (Phi) is 9.32. The number of aromatic nitrogens is 1. The zero-order valence-corrected chi connectivity index (χ0v) is 22.2. The molecule has 1 N–H and O–H groups in total. The fourth-order valence-corrected chi connectivity index (χ4v) is 6.14. The van der Waals surface area contributed by atoms with Crippen molar-refractivity contribution in [3.8, 4) is 5.75 Å². The molecule has 1 saturated heterocycles. The molecule has 1 aromatic heterocycles. The number of ether oxygens (including phenoxy) is 1. The smallest absolute Gasteiger partial charge is 0.303 e. The molecule has 1 aliphatic heterocycles. The van der Waals surface area contributed by atoms with Crippen LogP contribution in [0.5, 0.6) is 5.75 Å². The minimum Gasteiger partial charge on any atom is -0.497 e. The lowest BCUT2D eigenvalue weighted by atomic mass is 9.71. The first kappa shape index (κ1) is 29.1. The second-order valence-electron chi connectivity index (χ2n) is 9.87. The summed E-state index contributed by atoms with van der Waals surface area (Å²) in [5, 5.41) is 9.89. The second kappa shape index (κ2) is 12.5. The Hall–Kier alpha value is -2.92. The van der Waals surface area contributed by atoms with Gasteiger partial charge in [0.2, 0.25) is 0 Å². The van der Waals surface area contributed by atoms with Crippen molar-refractivity contribution in [3.63, 3.8) is 0 Å².